The zero-order chi connectivity index (χ0) is 16.8. The van der Waals surface area contributed by atoms with Gasteiger partial charge in [0.05, 0.1) is 11.2 Å². The fourth-order valence-corrected chi connectivity index (χ4v) is 3.30. The van der Waals surface area contributed by atoms with Gasteiger partial charge >= 0.3 is 7.12 Å². The summed E-state index contributed by atoms with van der Waals surface area (Å²) < 4.78 is 13.3. The van der Waals surface area contributed by atoms with Gasteiger partial charge in [-0.2, -0.15) is 0 Å². The molecule has 0 aliphatic carbocycles. The van der Waals surface area contributed by atoms with Crippen LogP contribution in [0.25, 0.3) is 10.4 Å². The summed E-state index contributed by atoms with van der Waals surface area (Å²) >= 11 is 1.67. The Morgan fingerprint density at radius 3 is 2.09 bits per heavy atom. The highest BCUT2D eigenvalue weighted by atomic mass is 32.1. The van der Waals surface area contributed by atoms with E-state index in [1.165, 1.54) is 0 Å². The van der Waals surface area contributed by atoms with E-state index in [9.17, 15) is 0 Å². The summed E-state index contributed by atoms with van der Waals surface area (Å²) in [6.45, 7) is 12.5. The second kappa shape index (κ2) is 5.69. The highest BCUT2D eigenvalue weighted by molar-refractivity contribution is 7.25. The molecule has 0 bridgehead atoms. The van der Waals surface area contributed by atoms with Crippen molar-refractivity contribution in [3.63, 3.8) is 0 Å². The number of hydrogen-bond acceptors (Lipinski definition) is 5. The molecule has 2 aromatic heterocycles. The molecule has 0 amide bonds. The maximum atomic E-state index is 6.11. The molecule has 1 saturated heterocycles. The van der Waals surface area contributed by atoms with Crippen molar-refractivity contribution in [2.24, 2.45) is 0 Å². The van der Waals surface area contributed by atoms with Gasteiger partial charge in [0.1, 0.15) is 5.82 Å². The Balaban J connectivity index is 1.81. The highest BCUT2D eigenvalue weighted by Crippen LogP contribution is 2.37. The minimum Gasteiger partial charge on any atom is -0.399 e. The zero-order valence-corrected chi connectivity index (χ0v) is 15.4. The first-order chi connectivity index (χ1) is 10.7. The van der Waals surface area contributed by atoms with Crippen LogP contribution in [0.2, 0.25) is 0 Å². The van der Waals surface area contributed by atoms with Gasteiger partial charge in [0.25, 0.3) is 0 Å². The van der Waals surface area contributed by atoms with Crippen LogP contribution in [-0.4, -0.2) is 28.3 Å². The fourth-order valence-electron chi connectivity index (χ4n) is 2.36. The smallest absolute Gasteiger partial charge is 0.399 e. The van der Waals surface area contributed by atoms with Crippen molar-refractivity contribution >= 4 is 23.2 Å². The molecule has 2 aromatic rings. The normalized spacial score (nSPS) is 19.5. The Hall–Kier alpha value is -1.24. The summed E-state index contributed by atoms with van der Waals surface area (Å²) in [4.78, 5) is 10.0. The van der Waals surface area contributed by atoms with Gasteiger partial charge in [-0.15, -0.1) is 11.3 Å². The number of aromatic nitrogens is 2. The van der Waals surface area contributed by atoms with Gasteiger partial charge in [0, 0.05) is 33.5 Å². The van der Waals surface area contributed by atoms with E-state index < -0.39 is 0 Å². The number of nitrogens with zero attached hydrogens (tertiary/aromatic N) is 2. The van der Waals surface area contributed by atoms with Crippen molar-refractivity contribution in [3.8, 4) is 10.4 Å². The molecule has 3 heterocycles. The summed E-state index contributed by atoms with van der Waals surface area (Å²) in [5.41, 5.74) is 0.399. The molecule has 1 aliphatic rings. The molecule has 0 spiro atoms. The van der Waals surface area contributed by atoms with Gasteiger partial charge in [-0.25, -0.2) is 9.97 Å². The molecular weight excluding hydrogens is 307 g/mol. The second-order valence-electron chi connectivity index (χ2n) is 7.27. The van der Waals surface area contributed by atoms with E-state index in [1.54, 1.807) is 11.3 Å². The van der Waals surface area contributed by atoms with E-state index in [0.717, 1.165) is 21.0 Å². The van der Waals surface area contributed by atoms with Gasteiger partial charge < -0.3 is 9.31 Å². The molecule has 1 aliphatic heterocycles. The Bertz CT molecular complexity index is 679. The van der Waals surface area contributed by atoms with Crippen LogP contribution in [0.15, 0.2) is 24.5 Å². The maximum Gasteiger partial charge on any atom is 0.505 e. The first kappa shape index (κ1) is 16.6. The van der Waals surface area contributed by atoms with Gasteiger partial charge in [-0.1, -0.05) is 19.9 Å². The maximum absolute atomic E-state index is 6.11. The van der Waals surface area contributed by atoms with Crippen LogP contribution >= 0.6 is 11.3 Å². The molecule has 0 atom stereocenters. The van der Waals surface area contributed by atoms with E-state index in [4.69, 9.17) is 9.31 Å². The summed E-state index contributed by atoms with van der Waals surface area (Å²) in [7, 11) is -0.311. The zero-order valence-electron chi connectivity index (χ0n) is 14.6. The summed E-state index contributed by atoms with van der Waals surface area (Å²) in [5.74, 6) is 1.21. The Morgan fingerprint density at radius 2 is 1.57 bits per heavy atom. The summed E-state index contributed by atoms with van der Waals surface area (Å²) in [5, 5.41) is 0. The molecular formula is C17H23BN2O2S. The third-order valence-electron chi connectivity index (χ3n) is 4.59. The first-order valence-corrected chi connectivity index (χ1v) is 8.79. The van der Waals surface area contributed by atoms with Gasteiger partial charge in [0.2, 0.25) is 0 Å². The van der Waals surface area contributed by atoms with Crippen LogP contribution in [0.4, 0.5) is 0 Å². The van der Waals surface area contributed by atoms with Gasteiger partial charge in [-0.3, -0.25) is 0 Å². The van der Waals surface area contributed by atoms with Crippen molar-refractivity contribution in [1.82, 2.24) is 9.97 Å². The van der Waals surface area contributed by atoms with Crippen molar-refractivity contribution in [3.05, 3.63) is 30.4 Å². The SMILES string of the molecule is CC(C)c1ncc(-c2ccc(B3OC(C)(C)C(C)(C)O3)s2)cn1. The minimum absolute atomic E-state index is 0.311. The van der Waals surface area contributed by atoms with Crippen LogP contribution < -0.4 is 4.78 Å². The lowest BCUT2D eigenvalue weighted by Crippen LogP contribution is -2.41. The lowest BCUT2D eigenvalue weighted by Gasteiger charge is -2.32. The molecule has 0 radical (unpaired) electrons. The number of hydrogen-bond donors (Lipinski definition) is 0. The van der Waals surface area contributed by atoms with Crippen LogP contribution in [0.5, 0.6) is 0 Å². The molecule has 23 heavy (non-hydrogen) atoms. The summed E-state index contributed by atoms with van der Waals surface area (Å²) in [6.07, 6.45) is 3.78. The van der Waals surface area contributed by atoms with Crippen LogP contribution in [0.3, 0.4) is 0 Å². The number of rotatable bonds is 3. The van der Waals surface area contributed by atoms with Gasteiger partial charge in [-0.05, 0) is 33.8 Å². The van der Waals surface area contributed by atoms with E-state index >= 15 is 0 Å². The summed E-state index contributed by atoms with van der Waals surface area (Å²) in [6, 6.07) is 4.15. The molecule has 0 N–H and O–H groups in total. The molecule has 3 rings (SSSR count). The molecule has 0 saturated carbocycles. The second-order valence-corrected chi connectivity index (χ2v) is 8.39. The predicted molar refractivity (Wildman–Crippen MR) is 95.2 cm³/mol. The number of thiophene rings is 1. The lowest BCUT2D eigenvalue weighted by atomic mass is 9.88. The van der Waals surface area contributed by atoms with Crippen LogP contribution in [0, 0.1) is 0 Å². The van der Waals surface area contributed by atoms with E-state index in [1.807, 2.05) is 12.4 Å². The molecule has 122 valence electrons. The van der Waals surface area contributed by atoms with Crippen LogP contribution in [-0.2, 0) is 9.31 Å². The molecule has 0 aromatic carbocycles. The molecule has 4 nitrogen and oxygen atoms in total. The quantitative estimate of drug-likeness (QED) is 0.806. The van der Waals surface area contributed by atoms with Crippen molar-refractivity contribution < 1.29 is 9.31 Å². The third kappa shape index (κ3) is 3.07. The van der Waals surface area contributed by atoms with Crippen molar-refractivity contribution in [2.75, 3.05) is 0 Å². The lowest BCUT2D eigenvalue weighted by molar-refractivity contribution is 0.00578. The largest absolute Gasteiger partial charge is 0.505 e. The average Bonchev–Trinajstić information content (AvgIpc) is 3.02. The molecule has 1 fully saturated rings. The highest BCUT2D eigenvalue weighted by Gasteiger charge is 2.52. The standard InChI is InChI=1S/C17H23BN2O2S/c1-11(2)15-19-9-12(10-20-15)13-7-8-14(23-13)18-21-16(3,4)17(5,6)22-18/h7-11H,1-6H3. The molecule has 6 heteroatoms. The van der Waals surface area contributed by atoms with E-state index in [2.05, 4.69) is 63.6 Å². The fraction of sp³-hybridized carbons (Fsp3) is 0.529. The minimum atomic E-state index is -0.316. The molecule has 0 unspecified atom stereocenters. The Labute approximate surface area is 142 Å². The average molecular weight is 330 g/mol. The van der Waals surface area contributed by atoms with E-state index in [-0.39, 0.29) is 18.3 Å². The predicted octanol–water partition coefficient (Wildman–Crippen LogP) is 3.63. The van der Waals surface area contributed by atoms with E-state index in [0.29, 0.717) is 5.92 Å². The van der Waals surface area contributed by atoms with Crippen molar-refractivity contribution in [2.45, 2.75) is 58.7 Å². The van der Waals surface area contributed by atoms with Crippen molar-refractivity contribution in [1.29, 1.82) is 0 Å². The Morgan fingerprint density at radius 1 is 1.00 bits per heavy atom. The topological polar surface area (TPSA) is 44.2 Å². The Kier molecular flexibility index (Phi) is 4.11. The van der Waals surface area contributed by atoms with Gasteiger partial charge in [0.15, 0.2) is 0 Å². The first-order valence-electron chi connectivity index (χ1n) is 7.97. The van der Waals surface area contributed by atoms with Crippen LogP contribution in [0.1, 0.15) is 53.3 Å². The third-order valence-corrected chi connectivity index (χ3v) is 5.74. The monoisotopic (exact) mass is 330 g/mol.